The zero-order valence-electron chi connectivity index (χ0n) is 17.9. The van der Waals surface area contributed by atoms with Crippen molar-refractivity contribution in [2.45, 2.75) is 6.92 Å². The number of benzene rings is 3. The van der Waals surface area contributed by atoms with Crippen LogP contribution in [0.3, 0.4) is 0 Å². The summed E-state index contributed by atoms with van der Waals surface area (Å²) in [6.07, 6.45) is 1.30. The molecule has 0 saturated carbocycles. The molecule has 2 amide bonds. The van der Waals surface area contributed by atoms with Gasteiger partial charge in [0.1, 0.15) is 11.4 Å². The van der Waals surface area contributed by atoms with Gasteiger partial charge in [-0.2, -0.15) is 5.10 Å². The van der Waals surface area contributed by atoms with Crippen LogP contribution < -0.4 is 10.7 Å². The molecule has 0 radical (unpaired) electrons. The lowest BCUT2D eigenvalue weighted by Crippen LogP contribution is -2.33. The Kier molecular flexibility index (Phi) is 7.73. The minimum absolute atomic E-state index is 0.0790. The molecule has 3 aromatic carbocycles. The molecule has 34 heavy (non-hydrogen) atoms. The molecule has 0 aromatic heterocycles. The minimum atomic E-state index is -0.781. The smallest absolute Gasteiger partial charge is 0.287 e. The zero-order chi connectivity index (χ0) is 24.7. The fourth-order valence-corrected chi connectivity index (χ4v) is 3.06. The molecule has 0 spiro atoms. The van der Waals surface area contributed by atoms with Gasteiger partial charge in [-0.15, -0.1) is 0 Å². The predicted molar refractivity (Wildman–Crippen MR) is 128 cm³/mol. The van der Waals surface area contributed by atoms with E-state index in [1.165, 1.54) is 42.5 Å². The molecule has 0 fully saturated rings. The molecular formula is C24H19ClN4O5. The average Bonchev–Trinajstić information content (AvgIpc) is 2.84. The molecule has 172 valence electrons. The molecule has 0 bridgehead atoms. The van der Waals surface area contributed by atoms with Crippen molar-refractivity contribution in [3.05, 3.63) is 110 Å². The van der Waals surface area contributed by atoms with Crippen molar-refractivity contribution in [3.8, 4) is 5.75 Å². The number of carbonyl (C=O) groups excluding carboxylic acids is 2. The van der Waals surface area contributed by atoms with Crippen LogP contribution in [0.15, 0.2) is 83.6 Å². The zero-order valence-corrected chi connectivity index (χ0v) is 18.6. The number of rotatable bonds is 7. The highest BCUT2D eigenvalue weighted by atomic mass is 35.5. The van der Waals surface area contributed by atoms with Gasteiger partial charge in [0.25, 0.3) is 17.5 Å². The Morgan fingerprint density at radius 2 is 1.79 bits per heavy atom. The fraction of sp³-hybridized carbons (Fsp3) is 0.0417. The molecule has 9 nitrogen and oxygen atoms in total. The first-order chi connectivity index (χ1) is 16.2. The van der Waals surface area contributed by atoms with Crippen LogP contribution >= 0.6 is 11.6 Å². The standard InChI is InChI=1S/C24H19ClN4O5/c1-15(20-14-18(25)10-11-22(20)30)27-28-24(32)21(26-23(31)17-7-3-2-4-8-17)13-16-6-5-9-19(12-16)29(33)34/h2-14,30H,1H3,(H,26,31)(H,28,32)/b21-13?,27-15+. The van der Waals surface area contributed by atoms with Gasteiger partial charge in [-0.05, 0) is 48.9 Å². The van der Waals surface area contributed by atoms with Crippen molar-refractivity contribution >= 4 is 40.9 Å². The fourth-order valence-electron chi connectivity index (χ4n) is 2.89. The quantitative estimate of drug-likeness (QED) is 0.202. The van der Waals surface area contributed by atoms with Gasteiger partial charge in [0.2, 0.25) is 0 Å². The number of aromatic hydroxyl groups is 1. The number of phenols is 1. The Balaban J connectivity index is 1.91. The normalized spacial score (nSPS) is 11.6. The van der Waals surface area contributed by atoms with Crippen molar-refractivity contribution < 1.29 is 19.6 Å². The molecule has 0 aliphatic heterocycles. The van der Waals surface area contributed by atoms with Crippen LogP contribution in [-0.2, 0) is 4.79 Å². The SMILES string of the molecule is C/C(=N\NC(=O)C(=Cc1cccc([N+](=O)[O-])c1)NC(=O)c1ccccc1)c1cc(Cl)ccc1O. The summed E-state index contributed by atoms with van der Waals surface area (Å²) in [6.45, 7) is 1.55. The third-order valence-corrected chi connectivity index (χ3v) is 4.83. The Morgan fingerprint density at radius 3 is 2.50 bits per heavy atom. The summed E-state index contributed by atoms with van der Waals surface area (Å²) in [6, 6.07) is 18.2. The van der Waals surface area contributed by atoms with Gasteiger partial charge in [-0.1, -0.05) is 41.9 Å². The van der Waals surface area contributed by atoms with Gasteiger partial charge in [0, 0.05) is 28.3 Å². The molecule has 10 heteroatoms. The van der Waals surface area contributed by atoms with Gasteiger partial charge < -0.3 is 10.4 Å². The van der Waals surface area contributed by atoms with E-state index in [1.54, 1.807) is 43.3 Å². The summed E-state index contributed by atoms with van der Waals surface area (Å²) in [5.74, 6) is -1.41. The van der Waals surface area contributed by atoms with Crippen molar-refractivity contribution in [2.75, 3.05) is 0 Å². The lowest BCUT2D eigenvalue weighted by atomic mass is 10.1. The maximum Gasteiger partial charge on any atom is 0.287 e. The van der Waals surface area contributed by atoms with E-state index in [0.717, 1.165) is 0 Å². The van der Waals surface area contributed by atoms with E-state index in [0.29, 0.717) is 21.7 Å². The summed E-state index contributed by atoms with van der Waals surface area (Å²) >= 11 is 5.96. The first-order valence-electron chi connectivity index (χ1n) is 9.90. The van der Waals surface area contributed by atoms with Crippen molar-refractivity contribution in [1.82, 2.24) is 10.7 Å². The summed E-state index contributed by atoms with van der Waals surface area (Å²) in [4.78, 5) is 36.1. The number of hydrogen-bond donors (Lipinski definition) is 3. The highest BCUT2D eigenvalue weighted by Gasteiger charge is 2.16. The second-order valence-corrected chi connectivity index (χ2v) is 7.47. The van der Waals surface area contributed by atoms with Gasteiger partial charge in [-0.3, -0.25) is 19.7 Å². The van der Waals surface area contributed by atoms with Crippen molar-refractivity contribution in [2.24, 2.45) is 5.10 Å². The molecule has 0 heterocycles. The number of hydrazone groups is 1. The van der Waals surface area contributed by atoms with Crippen molar-refractivity contribution in [1.29, 1.82) is 0 Å². The monoisotopic (exact) mass is 478 g/mol. The first-order valence-corrected chi connectivity index (χ1v) is 10.3. The summed E-state index contributed by atoms with van der Waals surface area (Å²) in [5.41, 5.74) is 3.16. The minimum Gasteiger partial charge on any atom is -0.507 e. The van der Waals surface area contributed by atoms with E-state index in [1.807, 2.05) is 0 Å². The molecule has 0 aliphatic rings. The highest BCUT2D eigenvalue weighted by molar-refractivity contribution is 6.31. The Morgan fingerprint density at radius 1 is 1.06 bits per heavy atom. The number of amides is 2. The molecule has 3 N–H and O–H groups in total. The van der Waals surface area contributed by atoms with E-state index in [-0.39, 0.29) is 22.8 Å². The number of nitro groups is 1. The summed E-state index contributed by atoms with van der Waals surface area (Å²) < 4.78 is 0. The number of nitrogens with zero attached hydrogens (tertiary/aromatic N) is 2. The Bertz CT molecular complexity index is 1310. The van der Waals surface area contributed by atoms with Crippen LogP contribution in [0.25, 0.3) is 6.08 Å². The lowest BCUT2D eigenvalue weighted by Gasteiger charge is -2.10. The van der Waals surface area contributed by atoms with Gasteiger partial charge >= 0.3 is 0 Å². The molecule has 0 aliphatic carbocycles. The Labute approximate surface area is 199 Å². The van der Waals surface area contributed by atoms with E-state index < -0.39 is 16.7 Å². The van der Waals surface area contributed by atoms with Crippen LogP contribution in [0.4, 0.5) is 5.69 Å². The largest absolute Gasteiger partial charge is 0.507 e. The molecule has 0 saturated heterocycles. The van der Waals surface area contributed by atoms with Crippen LogP contribution in [0, 0.1) is 10.1 Å². The average molecular weight is 479 g/mol. The van der Waals surface area contributed by atoms with Crippen molar-refractivity contribution in [3.63, 3.8) is 0 Å². The number of nitro benzene ring substituents is 1. The predicted octanol–water partition coefficient (Wildman–Crippen LogP) is 4.27. The number of carbonyl (C=O) groups is 2. The lowest BCUT2D eigenvalue weighted by molar-refractivity contribution is -0.384. The topological polar surface area (TPSA) is 134 Å². The molecule has 3 aromatic rings. The van der Waals surface area contributed by atoms with E-state index in [4.69, 9.17) is 11.6 Å². The number of nitrogens with one attached hydrogen (secondary N) is 2. The maximum absolute atomic E-state index is 12.9. The van der Waals surface area contributed by atoms with E-state index in [9.17, 15) is 24.8 Å². The summed E-state index contributed by atoms with van der Waals surface area (Å²) in [5, 5.41) is 28.0. The first kappa shape index (κ1) is 24.1. The van der Waals surface area contributed by atoms with Gasteiger partial charge in [0.15, 0.2) is 0 Å². The molecule has 0 unspecified atom stereocenters. The highest BCUT2D eigenvalue weighted by Crippen LogP contribution is 2.22. The van der Waals surface area contributed by atoms with Crippen LogP contribution in [-0.4, -0.2) is 27.6 Å². The van der Waals surface area contributed by atoms with Crippen LogP contribution in [0.5, 0.6) is 5.75 Å². The number of halogens is 1. The van der Waals surface area contributed by atoms with Crippen LogP contribution in [0.1, 0.15) is 28.4 Å². The second-order valence-electron chi connectivity index (χ2n) is 7.03. The van der Waals surface area contributed by atoms with Gasteiger partial charge in [0.05, 0.1) is 10.6 Å². The Hall–Kier alpha value is -4.50. The van der Waals surface area contributed by atoms with Crippen LogP contribution in [0.2, 0.25) is 5.02 Å². The number of non-ortho nitro benzene ring substituents is 1. The molecule has 3 rings (SSSR count). The molecular weight excluding hydrogens is 460 g/mol. The number of phenolic OH excluding ortho intramolecular Hbond substituents is 1. The third kappa shape index (κ3) is 6.27. The number of hydrogen-bond acceptors (Lipinski definition) is 6. The molecule has 0 atom stereocenters. The third-order valence-electron chi connectivity index (χ3n) is 4.59. The second kappa shape index (κ2) is 10.9. The van der Waals surface area contributed by atoms with E-state index >= 15 is 0 Å². The maximum atomic E-state index is 12.9. The summed E-state index contributed by atoms with van der Waals surface area (Å²) in [7, 11) is 0. The van der Waals surface area contributed by atoms with E-state index in [2.05, 4.69) is 15.8 Å². The van der Waals surface area contributed by atoms with Gasteiger partial charge in [-0.25, -0.2) is 5.43 Å².